The van der Waals surface area contributed by atoms with Crippen molar-refractivity contribution in [1.82, 2.24) is 4.90 Å². The van der Waals surface area contributed by atoms with Crippen LogP contribution >= 0.6 is 0 Å². The van der Waals surface area contributed by atoms with E-state index in [0.29, 0.717) is 32.5 Å². The summed E-state index contributed by atoms with van der Waals surface area (Å²) in [5.41, 5.74) is 0.838. The van der Waals surface area contributed by atoms with Crippen LogP contribution in [0.1, 0.15) is 18.9 Å². The monoisotopic (exact) mass is 265 g/mol. The smallest absolute Gasteiger partial charge is 0.223 e. The maximum absolute atomic E-state index is 12.0. The summed E-state index contributed by atoms with van der Waals surface area (Å²) in [7, 11) is 0. The van der Waals surface area contributed by atoms with Gasteiger partial charge in [-0.3, -0.25) is 4.79 Å². The number of amides is 1. The molecule has 19 heavy (non-hydrogen) atoms. The molecule has 0 spiro atoms. The zero-order valence-electron chi connectivity index (χ0n) is 11.0. The van der Waals surface area contributed by atoms with Crippen molar-refractivity contribution in [2.45, 2.75) is 25.9 Å². The molecule has 1 heterocycles. The first-order valence-electron chi connectivity index (χ1n) is 6.46. The maximum Gasteiger partial charge on any atom is 0.223 e. The number of carbonyl (C=O) groups is 1. The highest BCUT2D eigenvalue weighted by atomic mass is 16.5. The van der Waals surface area contributed by atoms with Gasteiger partial charge in [-0.05, 0) is 31.0 Å². The van der Waals surface area contributed by atoms with E-state index in [1.54, 1.807) is 6.07 Å². The summed E-state index contributed by atoms with van der Waals surface area (Å²) in [5.74, 6) is -0.190. The van der Waals surface area contributed by atoms with Gasteiger partial charge in [-0.1, -0.05) is 6.07 Å². The molecule has 1 aliphatic rings. The molecule has 2 rings (SSSR count). The van der Waals surface area contributed by atoms with Crippen LogP contribution in [0, 0.1) is 0 Å². The summed E-state index contributed by atoms with van der Waals surface area (Å²) >= 11 is 0. The number of carbonyl (C=O) groups excluding carboxylic acids is 1. The van der Waals surface area contributed by atoms with Crippen LogP contribution < -0.4 is 0 Å². The Hall–Kier alpha value is -1.75. The van der Waals surface area contributed by atoms with Crippen LogP contribution in [-0.4, -0.2) is 46.8 Å². The van der Waals surface area contributed by atoms with Crippen LogP contribution in [0.2, 0.25) is 0 Å². The molecule has 5 heteroatoms. The molecule has 104 valence electrons. The Balaban J connectivity index is 1.87. The summed E-state index contributed by atoms with van der Waals surface area (Å²) in [6.45, 7) is 3.83. The number of phenols is 2. The highest BCUT2D eigenvalue weighted by Crippen LogP contribution is 2.25. The average molecular weight is 265 g/mol. The van der Waals surface area contributed by atoms with Crippen molar-refractivity contribution in [2.24, 2.45) is 0 Å². The number of benzene rings is 1. The maximum atomic E-state index is 12.0. The van der Waals surface area contributed by atoms with E-state index in [2.05, 4.69) is 0 Å². The fraction of sp³-hybridized carbons (Fsp3) is 0.500. The largest absolute Gasteiger partial charge is 0.504 e. The van der Waals surface area contributed by atoms with Gasteiger partial charge >= 0.3 is 0 Å². The van der Waals surface area contributed by atoms with Gasteiger partial charge in [0.15, 0.2) is 11.5 Å². The predicted octanol–water partition coefficient (Wildman–Crippen LogP) is 1.28. The summed E-state index contributed by atoms with van der Waals surface area (Å²) in [6, 6.07) is 4.64. The Bertz CT molecular complexity index is 461. The molecule has 1 amide bonds. The van der Waals surface area contributed by atoms with E-state index in [9.17, 15) is 15.0 Å². The zero-order chi connectivity index (χ0) is 13.8. The number of morpholine rings is 1. The second kappa shape index (κ2) is 5.93. The lowest BCUT2D eigenvalue weighted by atomic mass is 10.1. The Kier molecular flexibility index (Phi) is 4.27. The zero-order valence-corrected chi connectivity index (χ0v) is 11.0. The molecule has 1 unspecified atom stereocenters. The fourth-order valence-electron chi connectivity index (χ4n) is 2.18. The van der Waals surface area contributed by atoms with Gasteiger partial charge in [-0.2, -0.15) is 0 Å². The van der Waals surface area contributed by atoms with E-state index in [1.807, 2.05) is 11.8 Å². The third-order valence-electron chi connectivity index (χ3n) is 3.26. The molecule has 1 aromatic carbocycles. The number of rotatable bonds is 3. The van der Waals surface area contributed by atoms with E-state index in [1.165, 1.54) is 12.1 Å². The van der Waals surface area contributed by atoms with E-state index in [4.69, 9.17) is 4.74 Å². The molecule has 0 radical (unpaired) electrons. The van der Waals surface area contributed by atoms with Gasteiger partial charge in [0.25, 0.3) is 0 Å². The molecule has 1 saturated heterocycles. The van der Waals surface area contributed by atoms with Crippen LogP contribution in [0.3, 0.4) is 0 Å². The molecule has 1 aliphatic heterocycles. The molecule has 0 saturated carbocycles. The number of hydrogen-bond donors (Lipinski definition) is 2. The molecular formula is C14H19NO4. The molecule has 1 aromatic rings. The minimum atomic E-state index is -0.148. The van der Waals surface area contributed by atoms with Gasteiger partial charge in [0.1, 0.15) is 0 Å². The van der Waals surface area contributed by atoms with E-state index < -0.39 is 0 Å². The highest BCUT2D eigenvalue weighted by molar-refractivity contribution is 5.76. The van der Waals surface area contributed by atoms with Crippen molar-refractivity contribution in [3.05, 3.63) is 23.8 Å². The molecule has 1 fully saturated rings. The minimum absolute atomic E-state index is 0.0930. The Morgan fingerprint density at radius 3 is 2.89 bits per heavy atom. The number of aromatic hydroxyl groups is 2. The summed E-state index contributed by atoms with van der Waals surface area (Å²) in [6.07, 6.45) is 1.05. The topological polar surface area (TPSA) is 70.0 Å². The van der Waals surface area contributed by atoms with Gasteiger partial charge in [-0.25, -0.2) is 0 Å². The third-order valence-corrected chi connectivity index (χ3v) is 3.26. The quantitative estimate of drug-likeness (QED) is 0.808. The van der Waals surface area contributed by atoms with Crippen molar-refractivity contribution in [1.29, 1.82) is 0 Å². The summed E-state index contributed by atoms with van der Waals surface area (Å²) in [4.78, 5) is 13.8. The minimum Gasteiger partial charge on any atom is -0.504 e. The molecular weight excluding hydrogens is 246 g/mol. The number of hydrogen-bond acceptors (Lipinski definition) is 4. The predicted molar refractivity (Wildman–Crippen MR) is 70.1 cm³/mol. The van der Waals surface area contributed by atoms with Crippen LogP contribution in [0.25, 0.3) is 0 Å². The van der Waals surface area contributed by atoms with Gasteiger partial charge in [0.05, 0.1) is 12.7 Å². The van der Waals surface area contributed by atoms with Crippen molar-refractivity contribution in [3.63, 3.8) is 0 Å². The second-order valence-electron chi connectivity index (χ2n) is 4.84. The number of nitrogens with zero attached hydrogens (tertiary/aromatic N) is 1. The first-order valence-corrected chi connectivity index (χ1v) is 6.46. The summed E-state index contributed by atoms with van der Waals surface area (Å²) < 4.78 is 5.40. The SMILES string of the molecule is CC1CN(C(=O)CCc2ccc(O)c(O)c2)CCO1. The fourth-order valence-corrected chi connectivity index (χ4v) is 2.18. The lowest BCUT2D eigenvalue weighted by Gasteiger charge is -2.31. The standard InChI is InChI=1S/C14H19NO4/c1-10-9-15(6-7-19-10)14(18)5-3-11-2-4-12(16)13(17)8-11/h2,4,8,10,16-17H,3,5-7,9H2,1H3. The highest BCUT2D eigenvalue weighted by Gasteiger charge is 2.20. The number of aryl methyl sites for hydroxylation is 1. The average Bonchev–Trinajstić information content (AvgIpc) is 2.40. The van der Waals surface area contributed by atoms with Gasteiger partial charge < -0.3 is 19.8 Å². The lowest BCUT2D eigenvalue weighted by Crippen LogP contribution is -2.44. The van der Waals surface area contributed by atoms with Crippen molar-refractivity contribution in [3.8, 4) is 11.5 Å². The van der Waals surface area contributed by atoms with Crippen LogP contribution in [0.5, 0.6) is 11.5 Å². The second-order valence-corrected chi connectivity index (χ2v) is 4.84. The summed E-state index contributed by atoms with van der Waals surface area (Å²) in [5, 5.41) is 18.6. The van der Waals surface area contributed by atoms with Crippen LogP contribution in [0.15, 0.2) is 18.2 Å². The van der Waals surface area contributed by atoms with Gasteiger partial charge in [0, 0.05) is 19.5 Å². The lowest BCUT2D eigenvalue weighted by molar-refractivity contribution is -0.138. The van der Waals surface area contributed by atoms with E-state index in [0.717, 1.165) is 5.56 Å². The van der Waals surface area contributed by atoms with E-state index >= 15 is 0 Å². The molecule has 0 aliphatic carbocycles. The third kappa shape index (κ3) is 3.61. The van der Waals surface area contributed by atoms with Gasteiger partial charge in [0.2, 0.25) is 5.91 Å². The first kappa shape index (κ1) is 13.7. The Morgan fingerprint density at radius 2 is 2.21 bits per heavy atom. The number of ether oxygens (including phenoxy) is 1. The normalized spacial score (nSPS) is 19.4. The Labute approximate surface area is 112 Å². The first-order chi connectivity index (χ1) is 9.06. The van der Waals surface area contributed by atoms with Crippen LogP contribution in [-0.2, 0) is 16.0 Å². The molecule has 5 nitrogen and oxygen atoms in total. The van der Waals surface area contributed by atoms with Crippen molar-refractivity contribution in [2.75, 3.05) is 19.7 Å². The van der Waals surface area contributed by atoms with Crippen molar-refractivity contribution >= 4 is 5.91 Å². The molecule has 2 N–H and O–H groups in total. The van der Waals surface area contributed by atoms with Gasteiger partial charge in [-0.15, -0.1) is 0 Å². The number of phenolic OH excluding ortho intramolecular Hbond substituents is 2. The van der Waals surface area contributed by atoms with Crippen molar-refractivity contribution < 1.29 is 19.7 Å². The Morgan fingerprint density at radius 1 is 1.42 bits per heavy atom. The molecule has 0 bridgehead atoms. The van der Waals surface area contributed by atoms with Crippen LogP contribution in [0.4, 0.5) is 0 Å². The molecule has 0 aromatic heterocycles. The van der Waals surface area contributed by atoms with E-state index in [-0.39, 0.29) is 23.5 Å². The molecule has 1 atom stereocenters.